The van der Waals surface area contributed by atoms with E-state index >= 15 is 0 Å². The van der Waals surface area contributed by atoms with E-state index in [1.807, 2.05) is 4.90 Å². The van der Waals surface area contributed by atoms with Gasteiger partial charge in [-0.05, 0) is 16.4 Å². The Bertz CT molecular complexity index is 767. The molecule has 0 aliphatic carbocycles. The van der Waals surface area contributed by atoms with Crippen molar-refractivity contribution in [1.82, 2.24) is 15.2 Å². The maximum absolute atomic E-state index is 11.2. The predicted octanol–water partition coefficient (Wildman–Crippen LogP) is 0.518. The highest BCUT2D eigenvalue weighted by Crippen LogP contribution is 2.28. The van der Waals surface area contributed by atoms with Gasteiger partial charge in [-0.2, -0.15) is 0 Å². The average Bonchev–Trinajstić information content (AvgIpc) is 3.02. The van der Waals surface area contributed by atoms with Crippen LogP contribution in [0.25, 0.3) is 0 Å². The Kier molecular flexibility index (Phi) is 4.14. The molecule has 3 N–H and O–H groups in total. The topological polar surface area (TPSA) is 147 Å². The minimum Gasteiger partial charge on any atom is -0.409 e. The van der Waals surface area contributed by atoms with E-state index in [-0.39, 0.29) is 23.0 Å². The van der Waals surface area contributed by atoms with Crippen LogP contribution < -0.4 is 10.6 Å². The first-order chi connectivity index (χ1) is 11.6. The molecule has 2 heterocycles. The quantitative estimate of drug-likeness (QED) is 0.269. The van der Waals surface area contributed by atoms with Gasteiger partial charge >= 0.3 is 0 Å². The number of aromatic nitrogens is 2. The molecule has 1 aliphatic heterocycles. The Morgan fingerprint density at radius 2 is 2.00 bits per heavy atom. The zero-order chi connectivity index (χ0) is 17.1. The van der Waals surface area contributed by atoms with Crippen LogP contribution in [0.2, 0.25) is 0 Å². The van der Waals surface area contributed by atoms with Crippen molar-refractivity contribution in [3.63, 3.8) is 0 Å². The second-order valence-corrected chi connectivity index (χ2v) is 5.14. The summed E-state index contributed by atoms with van der Waals surface area (Å²) in [5.41, 5.74) is 6.41. The number of anilines is 2. The fraction of sp³-hybridized carbons (Fsp3) is 0.308. The molecule has 1 aromatic heterocycles. The lowest BCUT2D eigenvalue weighted by Crippen LogP contribution is -2.49. The number of nitrogens with zero attached hydrogens (tertiary/aromatic N) is 6. The maximum atomic E-state index is 11.2. The molecule has 1 saturated heterocycles. The van der Waals surface area contributed by atoms with Gasteiger partial charge in [0.25, 0.3) is 5.69 Å². The first kappa shape index (κ1) is 15.5. The Morgan fingerprint density at radius 1 is 1.29 bits per heavy atom. The van der Waals surface area contributed by atoms with E-state index in [2.05, 4.69) is 20.1 Å². The molecule has 0 amide bonds. The van der Waals surface area contributed by atoms with E-state index < -0.39 is 4.92 Å². The van der Waals surface area contributed by atoms with E-state index in [0.717, 1.165) is 0 Å². The molecular weight excluding hydrogens is 318 g/mol. The standard InChI is InChI=1S/C13H15N7O4/c14-12-11(16-24-17-12)13(15-21)19-7-5-18(6-8-19)9-3-1-2-4-10(9)20(22)23/h1-4,21H,5-8H2,(H2,14,17). The van der Waals surface area contributed by atoms with Crippen LogP contribution in [-0.2, 0) is 0 Å². The third-order valence-corrected chi connectivity index (χ3v) is 3.82. The molecule has 0 unspecified atom stereocenters. The number of nitrogen functional groups attached to an aromatic ring is 1. The number of piperazine rings is 1. The van der Waals surface area contributed by atoms with Crippen molar-refractivity contribution in [3.05, 3.63) is 40.1 Å². The molecule has 0 radical (unpaired) electrons. The number of oxime groups is 1. The Labute approximate surface area is 136 Å². The monoisotopic (exact) mass is 333 g/mol. The second-order valence-electron chi connectivity index (χ2n) is 5.14. The van der Waals surface area contributed by atoms with E-state index in [0.29, 0.717) is 31.9 Å². The number of benzene rings is 1. The lowest BCUT2D eigenvalue weighted by Gasteiger charge is -2.36. The summed E-state index contributed by atoms with van der Waals surface area (Å²) >= 11 is 0. The van der Waals surface area contributed by atoms with Crippen molar-refractivity contribution in [2.75, 3.05) is 36.8 Å². The summed E-state index contributed by atoms with van der Waals surface area (Å²) in [7, 11) is 0. The summed E-state index contributed by atoms with van der Waals surface area (Å²) in [6.45, 7) is 1.96. The van der Waals surface area contributed by atoms with Crippen molar-refractivity contribution >= 4 is 23.0 Å². The number of rotatable bonds is 3. The zero-order valence-electron chi connectivity index (χ0n) is 12.6. The van der Waals surface area contributed by atoms with Gasteiger partial charge in [-0.25, -0.2) is 4.63 Å². The molecule has 1 aromatic carbocycles. The van der Waals surface area contributed by atoms with Gasteiger partial charge in [0, 0.05) is 32.2 Å². The van der Waals surface area contributed by atoms with E-state index in [1.54, 1.807) is 23.1 Å². The number of nitro groups is 1. The number of hydrogen-bond acceptors (Lipinski definition) is 9. The third-order valence-electron chi connectivity index (χ3n) is 3.82. The van der Waals surface area contributed by atoms with Gasteiger partial charge in [-0.3, -0.25) is 10.1 Å². The molecule has 0 bridgehead atoms. The molecule has 1 aliphatic rings. The molecule has 11 heteroatoms. The molecule has 0 spiro atoms. The summed E-state index contributed by atoms with van der Waals surface area (Å²) in [6.07, 6.45) is 0. The van der Waals surface area contributed by atoms with Crippen molar-refractivity contribution in [1.29, 1.82) is 0 Å². The third kappa shape index (κ3) is 2.78. The molecule has 3 rings (SSSR count). The van der Waals surface area contributed by atoms with Crippen LogP contribution in [0.5, 0.6) is 0 Å². The SMILES string of the molecule is Nc1nonc1C(=NO)N1CCN(c2ccccc2[N+](=O)[O-])CC1. The predicted molar refractivity (Wildman–Crippen MR) is 83.9 cm³/mol. The summed E-state index contributed by atoms with van der Waals surface area (Å²) in [5, 5.41) is 30.7. The fourth-order valence-corrected chi connectivity index (χ4v) is 2.66. The molecule has 24 heavy (non-hydrogen) atoms. The highest BCUT2D eigenvalue weighted by molar-refractivity contribution is 6.00. The van der Waals surface area contributed by atoms with Crippen LogP contribution in [0.15, 0.2) is 34.1 Å². The van der Waals surface area contributed by atoms with Gasteiger partial charge in [-0.15, -0.1) is 0 Å². The second kappa shape index (κ2) is 6.40. The number of nitro benzene ring substituents is 1. The smallest absolute Gasteiger partial charge is 0.292 e. The van der Waals surface area contributed by atoms with Crippen LogP contribution in [0.3, 0.4) is 0 Å². The van der Waals surface area contributed by atoms with Gasteiger partial charge in [-0.1, -0.05) is 17.3 Å². The zero-order valence-corrected chi connectivity index (χ0v) is 12.6. The lowest BCUT2D eigenvalue weighted by molar-refractivity contribution is -0.384. The summed E-state index contributed by atoms with van der Waals surface area (Å²) in [5.74, 6) is 0.194. The van der Waals surface area contributed by atoms with E-state index in [1.165, 1.54) is 6.07 Å². The summed E-state index contributed by atoms with van der Waals surface area (Å²) in [4.78, 5) is 14.4. The maximum Gasteiger partial charge on any atom is 0.292 e. The first-order valence-electron chi connectivity index (χ1n) is 7.15. The lowest BCUT2D eigenvalue weighted by atomic mass is 10.2. The first-order valence-corrected chi connectivity index (χ1v) is 7.15. The molecule has 0 atom stereocenters. The van der Waals surface area contributed by atoms with Crippen molar-refractivity contribution in [2.45, 2.75) is 0 Å². The largest absolute Gasteiger partial charge is 0.409 e. The van der Waals surface area contributed by atoms with Crippen molar-refractivity contribution in [2.24, 2.45) is 5.16 Å². The minimum atomic E-state index is -0.399. The summed E-state index contributed by atoms with van der Waals surface area (Å²) in [6, 6.07) is 6.59. The number of nitrogens with two attached hydrogens (primary N) is 1. The van der Waals surface area contributed by atoms with Gasteiger partial charge < -0.3 is 20.7 Å². The fourth-order valence-electron chi connectivity index (χ4n) is 2.66. The summed E-state index contributed by atoms with van der Waals surface area (Å²) < 4.78 is 4.52. The van der Waals surface area contributed by atoms with Gasteiger partial charge in [0.1, 0.15) is 5.69 Å². The molecule has 2 aromatic rings. The molecule has 0 saturated carbocycles. The van der Waals surface area contributed by atoms with Crippen LogP contribution >= 0.6 is 0 Å². The van der Waals surface area contributed by atoms with Gasteiger partial charge in [0.2, 0.25) is 5.84 Å². The molecule has 126 valence electrons. The minimum absolute atomic E-state index is 0.0314. The van der Waals surface area contributed by atoms with E-state index in [9.17, 15) is 15.3 Å². The highest BCUT2D eigenvalue weighted by atomic mass is 16.6. The normalized spacial score (nSPS) is 15.6. The number of hydrogen-bond donors (Lipinski definition) is 2. The van der Waals surface area contributed by atoms with Crippen molar-refractivity contribution in [3.8, 4) is 0 Å². The Balaban J connectivity index is 1.75. The molecular formula is C13H15N7O4. The molecule has 11 nitrogen and oxygen atoms in total. The van der Waals surface area contributed by atoms with Crippen LogP contribution in [0, 0.1) is 10.1 Å². The number of para-hydroxylation sites is 2. The van der Waals surface area contributed by atoms with Crippen LogP contribution in [-0.4, -0.2) is 57.4 Å². The Hall–Kier alpha value is -3.37. The number of amidine groups is 1. The Morgan fingerprint density at radius 3 is 2.58 bits per heavy atom. The highest BCUT2D eigenvalue weighted by Gasteiger charge is 2.28. The van der Waals surface area contributed by atoms with Crippen LogP contribution in [0.1, 0.15) is 5.69 Å². The average molecular weight is 333 g/mol. The van der Waals surface area contributed by atoms with Crippen molar-refractivity contribution < 1.29 is 14.8 Å². The van der Waals surface area contributed by atoms with E-state index in [4.69, 9.17) is 5.73 Å². The van der Waals surface area contributed by atoms with Gasteiger partial charge in [0.15, 0.2) is 11.5 Å². The molecule has 1 fully saturated rings. The van der Waals surface area contributed by atoms with Gasteiger partial charge in [0.05, 0.1) is 4.92 Å². The van der Waals surface area contributed by atoms with Crippen LogP contribution in [0.4, 0.5) is 17.2 Å².